The van der Waals surface area contributed by atoms with Gasteiger partial charge in [0, 0.05) is 10.5 Å². The normalized spacial score (nSPS) is 8.67. The highest BCUT2D eigenvalue weighted by Gasteiger charge is 1.96. The van der Waals surface area contributed by atoms with Gasteiger partial charge in [0.1, 0.15) is 0 Å². The molecule has 1 N–H and O–H groups in total. The van der Waals surface area contributed by atoms with Gasteiger partial charge in [-0.15, -0.1) is 0 Å². The van der Waals surface area contributed by atoms with Crippen LogP contribution in [0.25, 0.3) is 10.4 Å². The van der Waals surface area contributed by atoms with Crippen LogP contribution in [-0.4, -0.2) is 11.7 Å². The van der Waals surface area contributed by atoms with Crippen molar-refractivity contribution >= 4 is 0 Å². The lowest BCUT2D eigenvalue weighted by Gasteiger charge is -2.00. The average molecular weight is 201 g/mol. The van der Waals surface area contributed by atoms with Gasteiger partial charge < -0.3 is 5.11 Å². The lowest BCUT2D eigenvalue weighted by molar-refractivity contribution is 0.282. The second-order valence-corrected chi connectivity index (χ2v) is 3.00. The maximum atomic E-state index is 8.95. The molecule has 0 amide bonds. The van der Waals surface area contributed by atoms with E-state index in [4.69, 9.17) is 10.6 Å². The predicted molar refractivity (Wildman–Crippen MR) is 58.0 cm³/mol. The van der Waals surface area contributed by atoms with Gasteiger partial charge in [-0.05, 0) is 29.6 Å². The smallest absolute Gasteiger partial charge is 0.0880 e. The number of aliphatic hydroxyl groups excluding tert-OH is 1. The maximum Gasteiger partial charge on any atom is 0.0880 e. The summed E-state index contributed by atoms with van der Waals surface area (Å²) < 4.78 is 0. The van der Waals surface area contributed by atoms with Crippen molar-refractivity contribution in [2.75, 3.05) is 6.54 Å². The Morgan fingerprint density at radius 3 is 3.00 bits per heavy atom. The molecule has 4 heteroatoms. The van der Waals surface area contributed by atoms with Crippen LogP contribution in [0.3, 0.4) is 0 Å². The molecule has 1 rings (SSSR count). The van der Waals surface area contributed by atoms with E-state index in [-0.39, 0.29) is 13.2 Å². The topological polar surface area (TPSA) is 69.0 Å². The number of aliphatic hydroxyl groups is 1. The molecule has 76 valence electrons. The molecule has 0 saturated carbocycles. The largest absolute Gasteiger partial charge is 0.392 e. The van der Waals surface area contributed by atoms with Crippen molar-refractivity contribution in [1.29, 1.82) is 0 Å². The molecule has 0 aliphatic rings. The second-order valence-electron chi connectivity index (χ2n) is 3.00. The standard InChI is InChI=1S/C11H11N3O/c1-9-4-5-10(8-15)7-11(9)3-2-6-13-14-12/h4-5,7,15H,6,8H2,1H3. The molecule has 0 heterocycles. The number of nitrogens with zero attached hydrogens (tertiary/aromatic N) is 3. The highest BCUT2D eigenvalue weighted by molar-refractivity contribution is 5.43. The minimum Gasteiger partial charge on any atom is -0.392 e. The first kappa shape index (κ1) is 11.1. The Hall–Kier alpha value is -1.95. The second kappa shape index (κ2) is 5.71. The molecule has 0 spiro atoms. The predicted octanol–water partition coefficient (Wildman–Crippen LogP) is 2.15. The summed E-state index contributed by atoms with van der Waals surface area (Å²) in [5, 5.41) is 12.3. The molecule has 4 nitrogen and oxygen atoms in total. The maximum absolute atomic E-state index is 8.95. The molecule has 0 atom stereocenters. The summed E-state index contributed by atoms with van der Waals surface area (Å²) in [5.41, 5.74) is 10.8. The van der Waals surface area contributed by atoms with Crippen LogP contribution in [0.1, 0.15) is 16.7 Å². The lowest BCUT2D eigenvalue weighted by Crippen LogP contribution is -1.88. The summed E-state index contributed by atoms with van der Waals surface area (Å²) in [6.07, 6.45) is 0. The van der Waals surface area contributed by atoms with Crippen molar-refractivity contribution in [3.05, 3.63) is 45.3 Å². The van der Waals surface area contributed by atoms with Gasteiger partial charge >= 0.3 is 0 Å². The van der Waals surface area contributed by atoms with Crippen LogP contribution in [0.2, 0.25) is 0 Å². The van der Waals surface area contributed by atoms with Gasteiger partial charge in [-0.2, -0.15) is 0 Å². The monoisotopic (exact) mass is 201 g/mol. The minimum absolute atomic E-state index is 0.00527. The van der Waals surface area contributed by atoms with Gasteiger partial charge in [-0.25, -0.2) is 0 Å². The first-order chi connectivity index (χ1) is 7.27. The van der Waals surface area contributed by atoms with E-state index in [1.165, 1.54) is 0 Å². The molecule has 0 radical (unpaired) electrons. The highest BCUT2D eigenvalue weighted by atomic mass is 16.3. The Morgan fingerprint density at radius 1 is 1.53 bits per heavy atom. The quantitative estimate of drug-likeness (QED) is 0.338. The van der Waals surface area contributed by atoms with Crippen LogP contribution in [0, 0.1) is 18.8 Å². The van der Waals surface area contributed by atoms with Crippen molar-refractivity contribution in [3.8, 4) is 11.8 Å². The summed E-state index contributed by atoms with van der Waals surface area (Å²) in [5.74, 6) is 5.64. The Morgan fingerprint density at radius 2 is 2.33 bits per heavy atom. The van der Waals surface area contributed by atoms with E-state index >= 15 is 0 Å². The number of azide groups is 1. The molecule has 1 aromatic rings. The van der Waals surface area contributed by atoms with E-state index in [2.05, 4.69) is 21.9 Å². The number of rotatable bonds is 2. The summed E-state index contributed by atoms with van der Waals surface area (Å²) in [6, 6.07) is 5.59. The molecule has 0 aliphatic carbocycles. The zero-order chi connectivity index (χ0) is 11.1. The zero-order valence-corrected chi connectivity index (χ0v) is 8.44. The summed E-state index contributed by atoms with van der Waals surface area (Å²) in [7, 11) is 0. The van der Waals surface area contributed by atoms with Crippen LogP contribution in [-0.2, 0) is 6.61 Å². The van der Waals surface area contributed by atoms with Crippen molar-refractivity contribution in [1.82, 2.24) is 0 Å². The molecule has 1 aromatic carbocycles. The number of hydrogen-bond donors (Lipinski definition) is 1. The third-order valence-corrected chi connectivity index (χ3v) is 1.92. The highest BCUT2D eigenvalue weighted by Crippen LogP contribution is 2.09. The Kier molecular flexibility index (Phi) is 4.24. The fourth-order valence-electron chi connectivity index (χ4n) is 1.10. The Balaban J connectivity index is 2.90. The fraction of sp³-hybridized carbons (Fsp3) is 0.273. The van der Waals surface area contributed by atoms with Crippen molar-refractivity contribution < 1.29 is 5.11 Å². The average Bonchev–Trinajstić information content (AvgIpc) is 2.26. The lowest BCUT2D eigenvalue weighted by atomic mass is 10.1. The Labute approximate surface area is 88.2 Å². The van der Waals surface area contributed by atoms with Gasteiger partial charge in [0.05, 0.1) is 13.2 Å². The molecule has 0 aliphatic heterocycles. The van der Waals surface area contributed by atoms with E-state index in [1.54, 1.807) is 0 Å². The molecular weight excluding hydrogens is 190 g/mol. The van der Waals surface area contributed by atoms with Crippen molar-refractivity contribution in [2.45, 2.75) is 13.5 Å². The van der Waals surface area contributed by atoms with Gasteiger partial charge in [0.15, 0.2) is 0 Å². The zero-order valence-electron chi connectivity index (χ0n) is 8.44. The molecule has 15 heavy (non-hydrogen) atoms. The molecular formula is C11H11N3O. The van der Waals surface area contributed by atoms with Gasteiger partial charge in [0.2, 0.25) is 0 Å². The van der Waals surface area contributed by atoms with Gasteiger partial charge in [-0.3, -0.25) is 0 Å². The molecule has 0 saturated heterocycles. The molecule has 0 aromatic heterocycles. The summed E-state index contributed by atoms with van der Waals surface area (Å²) in [6.45, 7) is 2.11. The van der Waals surface area contributed by atoms with Crippen LogP contribution in [0.5, 0.6) is 0 Å². The van der Waals surface area contributed by atoms with E-state index < -0.39 is 0 Å². The molecule has 0 bridgehead atoms. The first-order valence-electron chi connectivity index (χ1n) is 4.48. The number of hydrogen-bond acceptors (Lipinski definition) is 2. The molecule has 0 fully saturated rings. The van der Waals surface area contributed by atoms with Crippen LogP contribution in [0.15, 0.2) is 23.3 Å². The van der Waals surface area contributed by atoms with E-state index in [0.717, 1.165) is 16.7 Å². The van der Waals surface area contributed by atoms with E-state index in [1.807, 2.05) is 25.1 Å². The fourth-order valence-corrected chi connectivity index (χ4v) is 1.10. The summed E-state index contributed by atoms with van der Waals surface area (Å²) in [4.78, 5) is 2.61. The third kappa shape index (κ3) is 3.35. The summed E-state index contributed by atoms with van der Waals surface area (Å²) >= 11 is 0. The van der Waals surface area contributed by atoms with Crippen molar-refractivity contribution in [2.24, 2.45) is 5.11 Å². The Bertz CT molecular complexity index is 451. The van der Waals surface area contributed by atoms with E-state index in [9.17, 15) is 0 Å². The van der Waals surface area contributed by atoms with Crippen LogP contribution in [0.4, 0.5) is 0 Å². The minimum atomic E-state index is 0.00527. The molecule has 0 unspecified atom stereocenters. The SMILES string of the molecule is Cc1ccc(CO)cc1C#CCN=[N+]=[N-]. The number of benzene rings is 1. The van der Waals surface area contributed by atoms with Crippen LogP contribution >= 0.6 is 0 Å². The first-order valence-corrected chi connectivity index (χ1v) is 4.48. The van der Waals surface area contributed by atoms with Gasteiger partial charge in [0.25, 0.3) is 0 Å². The van der Waals surface area contributed by atoms with Crippen LogP contribution < -0.4 is 0 Å². The van der Waals surface area contributed by atoms with Gasteiger partial charge in [-0.1, -0.05) is 29.1 Å². The van der Waals surface area contributed by atoms with Crippen molar-refractivity contribution in [3.63, 3.8) is 0 Å². The third-order valence-electron chi connectivity index (χ3n) is 1.92. The number of aryl methyl sites for hydroxylation is 1. The van der Waals surface area contributed by atoms with E-state index in [0.29, 0.717) is 0 Å².